The van der Waals surface area contributed by atoms with Gasteiger partial charge in [0.25, 0.3) is 0 Å². The molecule has 1 amide bonds. The summed E-state index contributed by atoms with van der Waals surface area (Å²) in [5, 5.41) is 2.86. The Hall–Kier alpha value is -2.52. The third kappa shape index (κ3) is 4.36. The highest BCUT2D eigenvalue weighted by atomic mass is 32.2. The van der Waals surface area contributed by atoms with E-state index in [1.165, 1.54) is 5.56 Å². The van der Waals surface area contributed by atoms with Crippen molar-refractivity contribution in [2.45, 2.75) is 30.9 Å². The van der Waals surface area contributed by atoms with Crippen LogP contribution in [-0.4, -0.2) is 5.91 Å². The van der Waals surface area contributed by atoms with Crippen LogP contribution in [0.15, 0.2) is 77.7 Å². The fourth-order valence-corrected chi connectivity index (χ4v) is 4.15. The van der Waals surface area contributed by atoms with Crippen molar-refractivity contribution < 1.29 is 4.79 Å². The van der Waals surface area contributed by atoms with Crippen molar-refractivity contribution in [2.24, 2.45) is 0 Å². The van der Waals surface area contributed by atoms with Crippen LogP contribution in [0, 0.1) is 20.8 Å². The Morgan fingerprint density at radius 3 is 1.96 bits per heavy atom. The fraction of sp³-hybridized carbons (Fsp3) is 0.174. The fourth-order valence-electron chi connectivity index (χ4n) is 3.10. The molecule has 3 rings (SSSR count). The molecule has 3 aromatic carbocycles. The van der Waals surface area contributed by atoms with E-state index in [0.717, 1.165) is 27.3 Å². The van der Waals surface area contributed by atoms with Crippen LogP contribution in [0.3, 0.4) is 0 Å². The van der Waals surface area contributed by atoms with Gasteiger partial charge in [0.05, 0.1) is 0 Å². The Morgan fingerprint density at radius 1 is 0.846 bits per heavy atom. The minimum Gasteiger partial charge on any atom is -0.324 e. The number of hydrogen-bond acceptors (Lipinski definition) is 2. The molecule has 0 saturated heterocycles. The highest BCUT2D eigenvalue weighted by Crippen LogP contribution is 2.36. The van der Waals surface area contributed by atoms with E-state index < -0.39 is 0 Å². The highest BCUT2D eigenvalue weighted by molar-refractivity contribution is 8.00. The molecule has 132 valence electrons. The first-order valence-corrected chi connectivity index (χ1v) is 9.58. The molecule has 0 radical (unpaired) electrons. The third-order valence-electron chi connectivity index (χ3n) is 4.26. The van der Waals surface area contributed by atoms with Gasteiger partial charge in [-0.15, -0.1) is 11.8 Å². The van der Waals surface area contributed by atoms with Crippen molar-refractivity contribution in [1.82, 2.24) is 0 Å². The predicted octanol–water partition coefficient (Wildman–Crippen LogP) is 6.08. The predicted molar refractivity (Wildman–Crippen MR) is 111 cm³/mol. The lowest BCUT2D eigenvalue weighted by atomic mass is 10.0. The summed E-state index contributed by atoms with van der Waals surface area (Å²) in [6.45, 7) is 6.15. The van der Waals surface area contributed by atoms with Gasteiger partial charge in [0.1, 0.15) is 5.25 Å². The Morgan fingerprint density at radius 2 is 1.38 bits per heavy atom. The lowest BCUT2D eigenvalue weighted by molar-refractivity contribution is -0.115. The van der Waals surface area contributed by atoms with Crippen molar-refractivity contribution in [3.05, 3.63) is 95.1 Å². The molecule has 0 bridgehead atoms. The Balaban J connectivity index is 1.90. The number of carbonyl (C=O) groups excluding carboxylic acids is 1. The van der Waals surface area contributed by atoms with E-state index in [2.05, 4.69) is 24.4 Å². The molecule has 0 fully saturated rings. The topological polar surface area (TPSA) is 29.1 Å². The molecule has 0 aliphatic rings. The van der Waals surface area contributed by atoms with Gasteiger partial charge in [-0.1, -0.05) is 66.2 Å². The maximum atomic E-state index is 13.2. The van der Waals surface area contributed by atoms with Crippen LogP contribution in [0.1, 0.15) is 27.5 Å². The van der Waals surface area contributed by atoms with Crippen LogP contribution < -0.4 is 5.32 Å². The summed E-state index contributed by atoms with van der Waals surface area (Å²) in [6, 6.07) is 24.2. The number of hydrogen-bond donors (Lipinski definition) is 1. The van der Waals surface area contributed by atoms with Gasteiger partial charge < -0.3 is 5.32 Å². The van der Waals surface area contributed by atoms with Gasteiger partial charge in [-0.2, -0.15) is 0 Å². The first-order valence-electron chi connectivity index (χ1n) is 8.70. The highest BCUT2D eigenvalue weighted by Gasteiger charge is 2.23. The number of amides is 1. The van der Waals surface area contributed by atoms with Crippen LogP contribution >= 0.6 is 11.8 Å². The molecule has 3 heteroatoms. The number of rotatable bonds is 5. The van der Waals surface area contributed by atoms with Crippen LogP contribution in [0.25, 0.3) is 0 Å². The van der Waals surface area contributed by atoms with Crippen molar-refractivity contribution in [1.29, 1.82) is 0 Å². The Labute approximate surface area is 159 Å². The Bertz CT molecular complexity index is 868. The van der Waals surface area contributed by atoms with Crippen molar-refractivity contribution in [2.75, 3.05) is 5.32 Å². The second-order valence-electron chi connectivity index (χ2n) is 6.48. The summed E-state index contributed by atoms with van der Waals surface area (Å²) in [5.41, 5.74) is 5.30. The average molecular weight is 362 g/mol. The van der Waals surface area contributed by atoms with Gasteiger partial charge in [-0.25, -0.2) is 0 Å². The van der Waals surface area contributed by atoms with E-state index >= 15 is 0 Å². The second kappa shape index (κ2) is 8.24. The molecule has 1 N–H and O–H groups in total. The van der Waals surface area contributed by atoms with E-state index in [-0.39, 0.29) is 11.2 Å². The largest absolute Gasteiger partial charge is 0.324 e. The van der Waals surface area contributed by atoms with E-state index in [0.29, 0.717) is 0 Å². The van der Waals surface area contributed by atoms with Gasteiger partial charge in [-0.3, -0.25) is 4.79 Å². The number of thioether (sulfide) groups is 1. The van der Waals surface area contributed by atoms with Crippen molar-refractivity contribution in [3.63, 3.8) is 0 Å². The van der Waals surface area contributed by atoms with Crippen LogP contribution in [0.5, 0.6) is 0 Å². The minimum absolute atomic E-state index is 0.0000983. The molecule has 0 spiro atoms. The first-order chi connectivity index (χ1) is 12.5. The molecular weight excluding hydrogens is 338 g/mol. The van der Waals surface area contributed by atoms with Gasteiger partial charge in [-0.05, 0) is 49.6 Å². The molecule has 0 aromatic heterocycles. The molecule has 1 unspecified atom stereocenters. The minimum atomic E-state index is -0.307. The maximum absolute atomic E-state index is 13.2. The first kappa shape index (κ1) is 18.3. The number of aryl methyl sites for hydroxylation is 3. The zero-order valence-corrected chi connectivity index (χ0v) is 16.1. The summed E-state index contributed by atoms with van der Waals surface area (Å²) in [4.78, 5) is 14.3. The van der Waals surface area contributed by atoms with E-state index in [1.54, 1.807) is 11.8 Å². The van der Waals surface area contributed by atoms with Crippen molar-refractivity contribution >= 4 is 23.4 Å². The molecule has 26 heavy (non-hydrogen) atoms. The normalized spacial score (nSPS) is 11.8. The maximum Gasteiger partial charge on any atom is 0.242 e. The number of anilines is 1. The van der Waals surface area contributed by atoms with Gasteiger partial charge >= 0.3 is 0 Å². The number of carbonyl (C=O) groups is 1. The standard InChI is InChI=1S/C23H23NOS/c1-16-14-17(2)21(18(3)15-16)24-23(25)22(19-10-6-4-7-11-19)26-20-12-8-5-9-13-20/h4-15,22H,1-3H3,(H,24,25). The van der Waals surface area contributed by atoms with Gasteiger partial charge in [0, 0.05) is 10.6 Å². The smallest absolute Gasteiger partial charge is 0.242 e. The lowest BCUT2D eigenvalue weighted by Crippen LogP contribution is -2.20. The SMILES string of the molecule is Cc1cc(C)c(NC(=O)C(Sc2ccccc2)c2ccccc2)c(C)c1. The van der Waals surface area contributed by atoms with Crippen LogP contribution in [0.4, 0.5) is 5.69 Å². The molecule has 2 nitrogen and oxygen atoms in total. The summed E-state index contributed by atoms with van der Waals surface area (Å²) in [7, 11) is 0. The molecule has 3 aromatic rings. The Kier molecular flexibility index (Phi) is 5.79. The lowest BCUT2D eigenvalue weighted by Gasteiger charge is -2.19. The zero-order chi connectivity index (χ0) is 18.5. The monoisotopic (exact) mass is 361 g/mol. The molecular formula is C23H23NOS. The molecule has 0 saturated carbocycles. The molecule has 0 aliphatic heterocycles. The quantitative estimate of drug-likeness (QED) is 0.558. The van der Waals surface area contributed by atoms with E-state index in [4.69, 9.17) is 0 Å². The molecule has 1 atom stereocenters. The second-order valence-corrected chi connectivity index (χ2v) is 7.66. The van der Waals surface area contributed by atoms with Crippen molar-refractivity contribution in [3.8, 4) is 0 Å². The molecule has 0 heterocycles. The number of nitrogens with one attached hydrogen (secondary N) is 1. The third-order valence-corrected chi connectivity index (χ3v) is 5.53. The summed E-state index contributed by atoms with van der Waals surface area (Å²) >= 11 is 1.57. The summed E-state index contributed by atoms with van der Waals surface area (Å²) < 4.78 is 0. The van der Waals surface area contributed by atoms with Gasteiger partial charge in [0.2, 0.25) is 5.91 Å². The molecule has 0 aliphatic carbocycles. The van der Waals surface area contributed by atoms with Crippen LogP contribution in [-0.2, 0) is 4.79 Å². The average Bonchev–Trinajstić information content (AvgIpc) is 2.64. The van der Waals surface area contributed by atoms with Crippen LogP contribution in [0.2, 0.25) is 0 Å². The van der Waals surface area contributed by atoms with Gasteiger partial charge in [0.15, 0.2) is 0 Å². The van der Waals surface area contributed by atoms with E-state index in [9.17, 15) is 4.79 Å². The number of benzene rings is 3. The summed E-state index contributed by atoms with van der Waals surface area (Å²) in [6.07, 6.45) is 0. The summed E-state index contributed by atoms with van der Waals surface area (Å²) in [5.74, 6) is 0.0000983. The zero-order valence-electron chi connectivity index (χ0n) is 15.3. The van der Waals surface area contributed by atoms with E-state index in [1.807, 2.05) is 74.5 Å².